The highest BCUT2D eigenvalue weighted by atomic mass is 127. The zero-order valence-electron chi connectivity index (χ0n) is 12.2. The van der Waals surface area contributed by atoms with Crippen molar-refractivity contribution in [1.29, 1.82) is 0 Å². The van der Waals surface area contributed by atoms with E-state index in [-0.39, 0.29) is 14.3 Å². The lowest BCUT2D eigenvalue weighted by atomic mass is 10.4. The molecule has 0 saturated carbocycles. The van der Waals surface area contributed by atoms with Crippen LogP contribution in [0.4, 0.5) is 0 Å². The molecular formula is C14H13INO6S2-. The first-order valence-corrected chi connectivity index (χ1v) is 10.6. The summed E-state index contributed by atoms with van der Waals surface area (Å²) in [6.07, 6.45) is 0. The van der Waals surface area contributed by atoms with Gasteiger partial charge in [-0.2, -0.15) is 8.42 Å². The van der Waals surface area contributed by atoms with Crippen molar-refractivity contribution >= 4 is 42.7 Å². The molecule has 0 aliphatic carbocycles. The highest BCUT2D eigenvalue weighted by Gasteiger charge is 2.18. The predicted octanol–water partition coefficient (Wildman–Crippen LogP) is 2.19. The van der Waals surface area contributed by atoms with Crippen LogP contribution in [0.5, 0.6) is 0 Å². The van der Waals surface area contributed by atoms with Crippen molar-refractivity contribution in [2.45, 2.75) is 9.79 Å². The molecule has 7 nitrogen and oxygen atoms in total. The summed E-state index contributed by atoms with van der Waals surface area (Å²) in [4.78, 5) is -0.230. The van der Waals surface area contributed by atoms with Crippen molar-refractivity contribution in [3.05, 3.63) is 63.4 Å². The summed E-state index contributed by atoms with van der Waals surface area (Å²) in [6.45, 7) is -1.22. The summed E-state index contributed by atoms with van der Waals surface area (Å²) in [5.41, 5.74) is 0. The third-order valence-electron chi connectivity index (χ3n) is 2.92. The maximum absolute atomic E-state index is 12.0. The fourth-order valence-electron chi connectivity index (χ4n) is 1.72. The fraction of sp³-hybridized carbons (Fsp3) is 0.143. The summed E-state index contributed by atoms with van der Waals surface area (Å²) in [5.74, 6) is 0. The molecule has 0 saturated heterocycles. The van der Waals surface area contributed by atoms with Gasteiger partial charge in [-0.25, -0.2) is 8.42 Å². The third kappa shape index (κ3) is 4.74. The van der Waals surface area contributed by atoms with E-state index in [0.717, 1.165) is 3.57 Å². The SMILES string of the molecule is O=S(=O)(OCCN([O-])S(=O)(=O)c1ccccc1)c1ccc(I)cc1. The Balaban J connectivity index is 1.99. The van der Waals surface area contributed by atoms with E-state index in [2.05, 4.69) is 0 Å². The van der Waals surface area contributed by atoms with E-state index in [4.69, 9.17) is 4.18 Å². The largest absolute Gasteiger partial charge is 0.772 e. The van der Waals surface area contributed by atoms with Crippen molar-refractivity contribution < 1.29 is 21.0 Å². The van der Waals surface area contributed by atoms with Crippen molar-refractivity contribution in [3.8, 4) is 0 Å². The minimum Gasteiger partial charge on any atom is -0.772 e. The minimum atomic E-state index is -4.23. The molecule has 0 aliphatic rings. The van der Waals surface area contributed by atoms with Crippen LogP contribution in [-0.2, 0) is 24.3 Å². The molecule has 2 rings (SSSR count). The molecule has 10 heteroatoms. The van der Waals surface area contributed by atoms with Gasteiger partial charge in [0.25, 0.3) is 10.1 Å². The van der Waals surface area contributed by atoms with Crippen molar-refractivity contribution in [1.82, 2.24) is 4.47 Å². The molecule has 2 aromatic carbocycles. The molecule has 0 aromatic heterocycles. The highest BCUT2D eigenvalue weighted by Crippen LogP contribution is 2.16. The Kier molecular flexibility index (Phi) is 6.33. The molecular weight excluding hydrogens is 469 g/mol. The molecule has 0 amide bonds. The van der Waals surface area contributed by atoms with E-state index in [1.807, 2.05) is 22.6 Å². The van der Waals surface area contributed by atoms with Gasteiger partial charge in [0.2, 0.25) is 10.0 Å². The molecule has 0 heterocycles. The maximum atomic E-state index is 12.0. The monoisotopic (exact) mass is 482 g/mol. The Labute approximate surface area is 154 Å². The van der Waals surface area contributed by atoms with Crippen LogP contribution in [0.1, 0.15) is 0 Å². The molecule has 0 unspecified atom stereocenters. The van der Waals surface area contributed by atoms with Gasteiger partial charge in [0.1, 0.15) is 0 Å². The average Bonchev–Trinajstić information content (AvgIpc) is 2.55. The molecule has 0 N–H and O–H groups in total. The quantitative estimate of drug-likeness (QED) is 0.341. The van der Waals surface area contributed by atoms with Gasteiger partial charge >= 0.3 is 0 Å². The standard InChI is InChI=1S/C14H13INO6S2/c15-12-6-8-14(9-7-12)24(20,21)22-11-10-16(17)23(18,19)13-4-2-1-3-5-13/h1-9H,10-11H2/q-1. The molecule has 0 aliphatic heterocycles. The van der Waals surface area contributed by atoms with E-state index < -0.39 is 33.3 Å². The number of hydrogen-bond acceptors (Lipinski definition) is 6. The predicted molar refractivity (Wildman–Crippen MR) is 96.0 cm³/mol. The van der Waals surface area contributed by atoms with Gasteiger partial charge < -0.3 is 5.21 Å². The fourth-order valence-corrected chi connectivity index (χ4v) is 4.03. The van der Waals surface area contributed by atoms with Gasteiger partial charge in [0.05, 0.1) is 16.4 Å². The normalized spacial score (nSPS) is 12.5. The lowest BCUT2D eigenvalue weighted by Crippen LogP contribution is -2.29. The smallest absolute Gasteiger partial charge is 0.297 e. The first-order valence-electron chi connectivity index (χ1n) is 6.63. The van der Waals surface area contributed by atoms with Crippen LogP contribution in [0.25, 0.3) is 0 Å². The van der Waals surface area contributed by atoms with Crippen LogP contribution in [0.2, 0.25) is 0 Å². The van der Waals surface area contributed by atoms with E-state index in [9.17, 15) is 22.0 Å². The highest BCUT2D eigenvalue weighted by molar-refractivity contribution is 14.1. The number of rotatable bonds is 7. The number of halogens is 1. The van der Waals surface area contributed by atoms with Crippen LogP contribution in [0.3, 0.4) is 0 Å². The topological polar surface area (TPSA) is 104 Å². The molecule has 0 radical (unpaired) electrons. The van der Waals surface area contributed by atoms with E-state index in [1.165, 1.54) is 36.4 Å². The van der Waals surface area contributed by atoms with Crippen LogP contribution in [0, 0.1) is 8.78 Å². The minimum absolute atomic E-state index is 0.0636. The van der Waals surface area contributed by atoms with Crippen LogP contribution in [0.15, 0.2) is 64.4 Å². The summed E-state index contributed by atoms with van der Waals surface area (Å²) in [6, 6.07) is 13.1. The lowest BCUT2D eigenvalue weighted by Gasteiger charge is -2.26. The van der Waals surface area contributed by atoms with Gasteiger partial charge in [-0.05, 0) is 59.0 Å². The van der Waals surface area contributed by atoms with Crippen molar-refractivity contribution in [2.75, 3.05) is 13.2 Å². The van der Waals surface area contributed by atoms with Crippen molar-refractivity contribution in [3.63, 3.8) is 0 Å². The Morgan fingerprint density at radius 1 is 0.917 bits per heavy atom. The Morgan fingerprint density at radius 2 is 1.50 bits per heavy atom. The number of nitrogens with zero attached hydrogens (tertiary/aromatic N) is 1. The molecule has 0 spiro atoms. The lowest BCUT2D eigenvalue weighted by molar-refractivity contribution is 0.296. The summed E-state index contributed by atoms with van der Waals surface area (Å²) < 4.78 is 53.3. The average molecular weight is 482 g/mol. The molecule has 24 heavy (non-hydrogen) atoms. The second kappa shape index (κ2) is 7.89. The molecule has 0 atom stereocenters. The second-order valence-electron chi connectivity index (χ2n) is 4.57. The van der Waals surface area contributed by atoms with Crippen molar-refractivity contribution in [2.24, 2.45) is 0 Å². The van der Waals surface area contributed by atoms with Gasteiger partial charge in [0, 0.05) is 10.1 Å². The van der Waals surface area contributed by atoms with Crippen LogP contribution >= 0.6 is 22.6 Å². The van der Waals surface area contributed by atoms with Crippen LogP contribution in [-0.4, -0.2) is 34.5 Å². The van der Waals surface area contributed by atoms with E-state index in [1.54, 1.807) is 18.2 Å². The van der Waals surface area contributed by atoms with E-state index in [0.29, 0.717) is 0 Å². The molecule has 130 valence electrons. The molecule has 0 bridgehead atoms. The van der Waals surface area contributed by atoms with Gasteiger partial charge in [-0.15, -0.1) is 0 Å². The first-order chi connectivity index (χ1) is 11.2. The second-order valence-corrected chi connectivity index (χ2v) is 9.26. The number of hydroxylamine groups is 1. The number of hydrogen-bond donors (Lipinski definition) is 0. The molecule has 0 fully saturated rings. The Bertz CT molecular complexity index is 883. The number of sulfonamides is 1. The van der Waals surface area contributed by atoms with Gasteiger partial charge in [-0.3, -0.25) is 8.65 Å². The Morgan fingerprint density at radius 3 is 2.08 bits per heavy atom. The molecule has 2 aromatic rings. The van der Waals surface area contributed by atoms with Crippen LogP contribution < -0.4 is 0 Å². The maximum Gasteiger partial charge on any atom is 0.297 e. The zero-order chi connectivity index (χ0) is 17.8. The Hall–Kier alpha value is -1.05. The first kappa shape index (κ1) is 19.3. The number of benzene rings is 2. The third-order valence-corrected chi connectivity index (χ3v) is 6.56. The summed E-state index contributed by atoms with van der Waals surface area (Å²) in [7, 11) is -8.27. The van der Waals surface area contributed by atoms with Gasteiger partial charge in [-0.1, -0.05) is 18.2 Å². The van der Waals surface area contributed by atoms with E-state index >= 15 is 0 Å². The summed E-state index contributed by atoms with van der Waals surface area (Å²) in [5, 5.41) is 11.8. The summed E-state index contributed by atoms with van der Waals surface area (Å²) >= 11 is 2.03. The zero-order valence-corrected chi connectivity index (χ0v) is 16.0. The van der Waals surface area contributed by atoms with Gasteiger partial charge in [0.15, 0.2) is 0 Å².